The van der Waals surface area contributed by atoms with Gasteiger partial charge in [0.05, 0.1) is 11.9 Å². The van der Waals surface area contributed by atoms with Gasteiger partial charge in [0.1, 0.15) is 5.75 Å². The van der Waals surface area contributed by atoms with Crippen LogP contribution in [0.4, 0.5) is 20.2 Å². The van der Waals surface area contributed by atoms with Crippen LogP contribution in [0.5, 0.6) is 5.75 Å². The van der Waals surface area contributed by atoms with Crippen molar-refractivity contribution in [3.8, 4) is 5.75 Å². The van der Waals surface area contributed by atoms with E-state index in [1.165, 1.54) is 30.3 Å². The van der Waals surface area contributed by atoms with Gasteiger partial charge >= 0.3 is 6.61 Å². The Hall–Kier alpha value is -2.68. The maximum Gasteiger partial charge on any atom is 0.387 e. The van der Waals surface area contributed by atoms with Gasteiger partial charge in [-0.3, -0.25) is 9.52 Å². The number of ether oxygens (including phenoxy) is 1. The molecule has 0 saturated heterocycles. The first-order valence-electron chi connectivity index (χ1n) is 7.09. The van der Waals surface area contributed by atoms with Gasteiger partial charge in [-0.1, -0.05) is 0 Å². The molecule has 0 bridgehead atoms. The second-order valence-electron chi connectivity index (χ2n) is 5.26. The average Bonchev–Trinajstić information content (AvgIpc) is 2.49. The molecule has 0 saturated carbocycles. The molecule has 0 aromatic heterocycles. The van der Waals surface area contributed by atoms with Crippen LogP contribution in [0.2, 0.25) is 0 Å². The molecule has 2 rings (SSSR count). The molecule has 134 valence electrons. The molecule has 2 aromatic rings. The van der Waals surface area contributed by atoms with Crippen molar-refractivity contribution in [2.45, 2.75) is 13.5 Å². The van der Waals surface area contributed by atoms with E-state index in [9.17, 15) is 22.0 Å². The van der Waals surface area contributed by atoms with Crippen molar-refractivity contribution in [2.24, 2.45) is 0 Å². The fourth-order valence-electron chi connectivity index (χ4n) is 2.05. The lowest BCUT2D eigenvalue weighted by Crippen LogP contribution is -2.13. The standard InChI is InChI=1S/C16H16F2N2O4S/c1-10-9-12(5-8-14(10)20-25(2,22)23)19-15(21)11-3-6-13(7-4-11)24-16(17)18/h3-9,16,20H,1-2H3,(H,19,21). The predicted molar refractivity (Wildman–Crippen MR) is 90.7 cm³/mol. The molecule has 0 unspecified atom stereocenters. The van der Waals surface area contributed by atoms with Crippen LogP contribution in [-0.4, -0.2) is 27.2 Å². The Morgan fingerprint density at radius 3 is 2.28 bits per heavy atom. The fraction of sp³-hybridized carbons (Fsp3) is 0.188. The number of alkyl halides is 2. The fourth-order valence-corrected chi connectivity index (χ4v) is 2.68. The van der Waals surface area contributed by atoms with Crippen LogP contribution in [0, 0.1) is 6.92 Å². The summed E-state index contributed by atoms with van der Waals surface area (Å²) < 4.78 is 53.3. The third kappa shape index (κ3) is 5.71. The van der Waals surface area contributed by atoms with E-state index in [0.717, 1.165) is 6.26 Å². The quantitative estimate of drug-likeness (QED) is 0.818. The molecule has 0 aliphatic carbocycles. The lowest BCUT2D eigenvalue weighted by Gasteiger charge is -2.11. The molecule has 6 nitrogen and oxygen atoms in total. The highest BCUT2D eigenvalue weighted by Gasteiger charge is 2.10. The maximum absolute atomic E-state index is 12.2. The van der Waals surface area contributed by atoms with Crippen LogP contribution in [0.1, 0.15) is 15.9 Å². The number of carbonyl (C=O) groups excluding carboxylic acids is 1. The normalized spacial score (nSPS) is 11.2. The lowest BCUT2D eigenvalue weighted by atomic mass is 10.1. The number of benzene rings is 2. The van der Waals surface area contributed by atoms with Crippen molar-refractivity contribution >= 4 is 27.3 Å². The number of hydrogen-bond donors (Lipinski definition) is 2. The second kappa shape index (κ2) is 7.47. The lowest BCUT2D eigenvalue weighted by molar-refractivity contribution is -0.0498. The predicted octanol–water partition coefficient (Wildman–Crippen LogP) is 3.22. The molecule has 0 radical (unpaired) electrons. The van der Waals surface area contributed by atoms with Crippen LogP contribution in [-0.2, 0) is 10.0 Å². The van der Waals surface area contributed by atoms with Gasteiger partial charge in [-0.2, -0.15) is 8.78 Å². The summed E-state index contributed by atoms with van der Waals surface area (Å²) in [5.41, 5.74) is 1.77. The van der Waals surface area contributed by atoms with Crippen LogP contribution in [0.15, 0.2) is 42.5 Å². The summed E-state index contributed by atoms with van der Waals surface area (Å²) in [6.45, 7) is -1.23. The zero-order valence-corrected chi connectivity index (χ0v) is 14.2. The molecule has 2 aromatic carbocycles. The molecule has 2 N–H and O–H groups in total. The largest absolute Gasteiger partial charge is 0.435 e. The molecule has 0 heterocycles. The van der Waals surface area contributed by atoms with E-state index < -0.39 is 22.5 Å². The molecule has 0 fully saturated rings. The molecule has 25 heavy (non-hydrogen) atoms. The van der Waals surface area contributed by atoms with Gasteiger partial charge in [0.25, 0.3) is 5.91 Å². The molecular formula is C16H16F2N2O4S. The van der Waals surface area contributed by atoms with Gasteiger partial charge < -0.3 is 10.1 Å². The number of carbonyl (C=O) groups is 1. The number of rotatable bonds is 6. The molecule has 1 amide bonds. The number of nitrogens with one attached hydrogen (secondary N) is 2. The maximum atomic E-state index is 12.2. The molecule has 0 aliphatic heterocycles. The molecule has 9 heteroatoms. The van der Waals surface area contributed by atoms with Crippen molar-refractivity contribution in [3.05, 3.63) is 53.6 Å². The highest BCUT2D eigenvalue weighted by Crippen LogP contribution is 2.21. The van der Waals surface area contributed by atoms with Crippen molar-refractivity contribution in [1.29, 1.82) is 0 Å². The summed E-state index contributed by atoms with van der Waals surface area (Å²) in [7, 11) is -3.39. The molecule has 0 atom stereocenters. The van der Waals surface area contributed by atoms with Gasteiger partial charge in [-0.05, 0) is 55.0 Å². The number of amides is 1. The minimum atomic E-state index is -3.39. The summed E-state index contributed by atoms with van der Waals surface area (Å²) in [5, 5.41) is 2.64. The van der Waals surface area contributed by atoms with E-state index in [-0.39, 0.29) is 11.3 Å². The van der Waals surface area contributed by atoms with E-state index >= 15 is 0 Å². The van der Waals surface area contributed by atoms with E-state index in [2.05, 4.69) is 14.8 Å². The minimum Gasteiger partial charge on any atom is -0.435 e. The first kappa shape index (κ1) is 18.7. The van der Waals surface area contributed by atoms with E-state index in [1.807, 2.05) is 0 Å². The van der Waals surface area contributed by atoms with Crippen molar-refractivity contribution in [2.75, 3.05) is 16.3 Å². The van der Waals surface area contributed by atoms with Crippen LogP contribution in [0.3, 0.4) is 0 Å². The highest BCUT2D eigenvalue weighted by atomic mass is 32.2. The Bertz CT molecular complexity index is 868. The van der Waals surface area contributed by atoms with Crippen LogP contribution < -0.4 is 14.8 Å². The zero-order valence-electron chi connectivity index (χ0n) is 13.4. The first-order valence-corrected chi connectivity index (χ1v) is 8.98. The Kier molecular flexibility index (Phi) is 5.58. The van der Waals surface area contributed by atoms with Gasteiger partial charge in [0, 0.05) is 11.3 Å². The summed E-state index contributed by atoms with van der Waals surface area (Å²) in [5.74, 6) is -0.481. The topological polar surface area (TPSA) is 84.5 Å². The Morgan fingerprint density at radius 1 is 1.12 bits per heavy atom. The summed E-state index contributed by atoms with van der Waals surface area (Å²) >= 11 is 0. The Labute approximate surface area is 143 Å². The van der Waals surface area contributed by atoms with Gasteiger partial charge in [0.15, 0.2) is 0 Å². The third-order valence-corrected chi connectivity index (χ3v) is 3.71. The highest BCUT2D eigenvalue weighted by molar-refractivity contribution is 7.92. The van der Waals surface area contributed by atoms with Crippen LogP contribution in [0.25, 0.3) is 0 Å². The smallest absolute Gasteiger partial charge is 0.387 e. The first-order chi connectivity index (χ1) is 11.6. The number of sulfonamides is 1. The Balaban J connectivity index is 2.08. The van der Waals surface area contributed by atoms with Gasteiger partial charge in [-0.25, -0.2) is 8.42 Å². The Morgan fingerprint density at radius 2 is 1.76 bits per heavy atom. The third-order valence-electron chi connectivity index (χ3n) is 3.12. The van der Waals surface area contributed by atoms with Crippen molar-refractivity contribution < 1.29 is 26.7 Å². The number of anilines is 2. The van der Waals surface area contributed by atoms with Crippen LogP contribution >= 0.6 is 0 Å². The van der Waals surface area contributed by atoms with Crippen molar-refractivity contribution in [1.82, 2.24) is 0 Å². The van der Waals surface area contributed by atoms with E-state index in [4.69, 9.17) is 0 Å². The monoisotopic (exact) mass is 370 g/mol. The zero-order chi connectivity index (χ0) is 18.6. The summed E-state index contributed by atoms with van der Waals surface area (Å²) in [6.07, 6.45) is 1.05. The summed E-state index contributed by atoms with van der Waals surface area (Å²) in [6, 6.07) is 9.95. The number of hydrogen-bond acceptors (Lipinski definition) is 4. The molecular weight excluding hydrogens is 354 g/mol. The van der Waals surface area contributed by atoms with Gasteiger partial charge in [0.2, 0.25) is 10.0 Å². The number of halogens is 2. The number of aryl methyl sites for hydroxylation is 1. The average molecular weight is 370 g/mol. The second-order valence-corrected chi connectivity index (χ2v) is 7.01. The molecule has 0 aliphatic rings. The van der Waals surface area contributed by atoms with E-state index in [0.29, 0.717) is 16.9 Å². The molecule has 0 spiro atoms. The SMILES string of the molecule is Cc1cc(NC(=O)c2ccc(OC(F)F)cc2)ccc1NS(C)(=O)=O. The summed E-state index contributed by atoms with van der Waals surface area (Å²) in [4.78, 5) is 12.2. The minimum absolute atomic E-state index is 0.0430. The van der Waals surface area contributed by atoms with Gasteiger partial charge in [-0.15, -0.1) is 0 Å². The van der Waals surface area contributed by atoms with E-state index in [1.54, 1.807) is 19.1 Å². The van der Waals surface area contributed by atoms with Crippen molar-refractivity contribution in [3.63, 3.8) is 0 Å².